The maximum Gasteiger partial charge on any atom is 0.251 e. The summed E-state index contributed by atoms with van der Waals surface area (Å²) in [6.45, 7) is 0.939. The predicted octanol–water partition coefficient (Wildman–Crippen LogP) is 0.419. The van der Waals surface area contributed by atoms with Gasteiger partial charge in [0.2, 0.25) is 10.0 Å². The van der Waals surface area contributed by atoms with Crippen LogP contribution in [-0.2, 0) is 10.0 Å². The van der Waals surface area contributed by atoms with Gasteiger partial charge in [0.25, 0.3) is 5.91 Å². The second-order valence-corrected chi connectivity index (χ2v) is 7.24. The Morgan fingerprint density at radius 3 is 2.67 bits per heavy atom. The Hall–Kier alpha value is -1.44. The molecular weight excluding hydrogens is 290 g/mol. The second-order valence-electron chi connectivity index (χ2n) is 5.48. The Kier molecular flexibility index (Phi) is 4.97. The normalized spacial score (nSPS) is 15.2. The molecular formula is C14H21N3O3S. The molecule has 0 heterocycles. The smallest absolute Gasteiger partial charge is 0.251 e. The van der Waals surface area contributed by atoms with E-state index in [0.717, 1.165) is 12.8 Å². The number of hydrogen-bond acceptors (Lipinski definition) is 4. The van der Waals surface area contributed by atoms with Gasteiger partial charge in [0.1, 0.15) is 0 Å². The number of nitrogens with one attached hydrogen (secondary N) is 2. The van der Waals surface area contributed by atoms with Gasteiger partial charge < -0.3 is 10.2 Å². The number of carbonyl (C=O) groups is 1. The first kappa shape index (κ1) is 15.9. The van der Waals surface area contributed by atoms with Gasteiger partial charge >= 0.3 is 0 Å². The van der Waals surface area contributed by atoms with Crippen LogP contribution in [0.25, 0.3) is 0 Å². The highest BCUT2D eigenvalue weighted by atomic mass is 32.2. The van der Waals surface area contributed by atoms with Crippen LogP contribution in [0.1, 0.15) is 23.2 Å². The van der Waals surface area contributed by atoms with E-state index in [4.69, 9.17) is 0 Å². The first-order valence-electron chi connectivity index (χ1n) is 6.94. The molecule has 0 aromatic heterocycles. The van der Waals surface area contributed by atoms with Gasteiger partial charge in [-0.15, -0.1) is 0 Å². The Balaban J connectivity index is 2.06. The molecule has 116 valence electrons. The van der Waals surface area contributed by atoms with Gasteiger partial charge in [-0.3, -0.25) is 4.79 Å². The summed E-state index contributed by atoms with van der Waals surface area (Å²) < 4.78 is 26.8. The van der Waals surface area contributed by atoms with Crippen molar-refractivity contribution in [3.05, 3.63) is 29.8 Å². The summed E-state index contributed by atoms with van der Waals surface area (Å²) in [4.78, 5) is 14.0. The first-order valence-corrected chi connectivity index (χ1v) is 8.42. The van der Waals surface area contributed by atoms with Crippen molar-refractivity contribution in [2.75, 3.05) is 27.2 Å². The summed E-state index contributed by atoms with van der Waals surface area (Å²) in [5, 5.41) is 2.85. The number of hydrogen-bond donors (Lipinski definition) is 2. The largest absolute Gasteiger partial charge is 0.349 e. The summed E-state index contributed by atoms with van der Waals surface area (Å²) in [5.41, 5.74) is 0.373. The SMILES string of the molecule is CN(C)CCNS(=O)(=O)c1cccc(C(=O)NC2CC2)c1. The number of rotatable bonds is 7. The monoisotopic (exact) mass is 311 g/mol. The van der Waals surface area contributed by atoms with Crippen LogP contribution in [0.5, 0.6) is 0 Å². The van der Waals surface area contributed by atoms with Crippen molar-refractivity contribution in [1.29, 1.82) is 0 Å². The molecule has 1 amide bonds. The Labute approximate surface area is 125 Å². The number of sulfonamides is 1. The van der Waals surface area contributed by atoms with Crippen LogP contribution in [0.2, 0.25) is 0 Å². The predicted molar refractivity (Wildman–Crippen MR) is 80.7 cm³/mol. The van der Waals surface area contributed by atoms with Crippen molar-refractivity contribution in [1.82, 2.24) is 14.9 Å². The third-order valence-electron chi connectivity index (χ3n) is 3.17. The topological polar surface area (TPSA) is 78.5 Å². The van der Waals surface area contributed by atoms with E-state index in [1.165, 1.54) is 12.1 Å². The number of carbonyl (C=O) groups excluding carboxylic acids is 1. The summed E-state index contributed by atoms with van der Waals surface area (Å²) in [6, 6.07) is 6.36. The van der Waals surface area contributed by atoms with Crippen LogP contribution in [0, 0.1) is 0 Å². The van der Waals surface area contributed by atoms with Gasteiger partial charge in [0.15, 0.2) is 0 Å². The average molecular weight is 311 g/mol. The van der Waals surface area contributed by atoms with Crippen LogP contribution in [0.15, 0.2) is 29.2 Å². The van der Waals surface area contributed by atoms with Gasteiger partial charge in [-0.2, -0.15) is 0 Å². The zero-order valence-electron chi connectivity index (χ0n) is 12.3. The molecule has 0 bridgehead atoms. The zero-order valence-corrected chi connectivity index (χ0v) is 13.1. The standard InChI is InChI=1S/C14H21N3O3S/c1-17(2)9-8-15-21(19,20)13-5-3-4-11(10-13)14(18)16-12-6-7-12/h3-5,10,12,15H,6-9H2,1-2H3,(H,16,18). The molecule has 0 atom stereocenters. The zero-order chi connectivity index (χ0) is 15.5. The Morgan fingerprint density at radius 1 is 1.33 bits per heavy atom. The van der Waals surface area contributed by atoms with Crippen molar-refractivity contribution in [2.24, 2.45) is 0 Å². The van der Waals surface area contributed by atoms with Gasteiger partial charge in [0, 0.05) is 24.7 Å². The highest BCUT2D eigenvalue weighted by molar-refractivity contribution is 7.89. The molecule has 2 N–H and O–H groups in total. The van der Waals surface area contributed by atoms with Gasteiger partial charge in [-0.25, -0.2) is 13.1 Å². The summed E-state index contributed by atoms with van der Waals surface area (Å²) in [6.07, 6.45) is 1.99. The summed E-state index contributed by atoms with van der Waals surface area (Å²) in [5.74, 6) is -0.220. The third kappa shape index (κ3) is 4.80. The molecule has 0 unspecified atom stereocenters. The Bertz CT molecular complexity index is 610. The van der Waals surface area contributed by atoms with Crippen molar-refractivity contribution in [3.8, 4) is 0 Å². The first-order chi connectivity index (χ1) is 9.88. The third-order valence-corrected chi connectivity index (χ3v) is 4.63. The molecule has 7 heteroatoms. The molecule has 6 nitrogen and oxygen atoms in total. The molecule has 21 heavy (non-hydrogen) atoms. The molecule has 2 rings (SSSR count). The fraction of sp³-hybridized carbons (Fsp3) is 0.500. The number of amides is 1. The van der Waals surface area contributed by atoms with Crippen LogP contribution >= 0.6 is 0 Å². The van der Waals surface area contributed by atoms with E-state index in [1.807, 2.05) is 19.0 Å². The lowest BCUT2D eigenvalue weighted by molar-refractivity contribution is 0.0951. The lowest BCUT2D eigenvalue weighted by Gasteiger charge is -2.11. The van der Waals surface area contributed by atoms with E-state index in [1.54, 1.807) is 12.1 Å². The molecule has 0 aliphatic heterocycles. The van der Waals surface area contributed by atoms with E-state index in [-0.39, 0.29) is 16.8 Å². The van der Waals surface area contributed by atoms with Gasteiger partial charge in [-0.1, -0.05) is 6.07 Å². The number of benzene rings is 1. The van der Waals surface area contributed by atoms with E-state index >= 15 is 0 Å². The fourth-order valence-corrected chi connectivity index (χ4v) is 2.85. The molecule has 1 saturated carbocycles. The minimum absolute atomic E-state index is 0.115. The van der Waals surface area contributed by atoms with E-state index in [9.17, 15) is 13.2 Å². The number of nitrogens with zero attached hydrogens (tertiary/aromatic N) is 1. The van der Waals surface area contributed by atoms with Crippen LogP contribution in [0.4, 0.5) is 0 Å². The molecule has 1 aromatic carbocycles. The minimum Gasteiger partial charge on any atom is -0.349 e. The van der Waals surface area contributed by atoms with E-state index < -0.39 is 10.0 Å². The molecule has 1 aliphatic carbocycles. The average Bonchev–Trinajstić information content (AvgIpc) is 3.22. The quantitative estimate of drug-likeness (QED) is 0.765. The highest BCUT2D eigenvalue weighted by Crippen LogP contribution is 2.20. The lowest BCUT2D eigenvalue weighted by Crippen LogP contribution is -2.31. The van der Waals surface area contributed by atoms with Crippen molar-refractivity contribution in [2.45, 2.75) is 23.8 Å². The molecule has 0 saturated heterocycles. The van der Waals surface area contributed by atoms with Crippen LogP contribution in [0.3, 0.4) is 0 Å². The number of likely N-dealkylation sites (N-methyl/N-ethyl adjacent to an activating group) is 1. The molecule has 0 radical (unpaired) electrons. The van der Waals surface area contributed by atoms with Crippen molar-refractivity contribution in [3.63, 3.8) is 0 Å². The second kappa shape index (κ2) is 6.55. The van der Waals surface area contributed by atoms with E-state index in [2.05, 4.69) is 10.0 Å². The molecule has 1 aromatic rings. The maximum atomic E-state index is 12.2. The van der Waals surface area contributed by atoms with Gasteiger partial charge in [-0.05, 0) is 45.1 Å². The van der Waals surface area contributed by atoms with Crippen LogP contribution < -0.4 is 10.0 Å². The molecule has 1 aliphatic rings. The lowest BCUT2D eigenvalue weighted by atomic mass is 10.2. The molecule has 0 spiro atoms. The Morgan fingerprint density at radius 2 is 2.05 bits per heavy atom. The van der Waals surface area contributed by atoms with E-state index in [0.29, 0.717) is 18.7 Å². The van der Waals surface area contributed by atoms with Crippen LogP contribution in [-0.4, -0.2) is 52.5 Å². The fourth-order valence-electron chi connectivity index (χ4n) is 1.79. The van der Waals surface area contributed by atoms with Gasteiger partial charge in [0.05, 0.1) is 4.90 Å². The summed E-state index contributed by atoms with van der Waals surface area (Å²) >= 11 is 0. The minimum atomic E-state index is -3.58. The van der Waals surface area contributed by atoms with Crippen molar-refractivity contribution < 1.29 is 13.2 Å². The highest BCUT2D eigenvalue weighted by Gasteiger charge is 2.24. The summed E-state index contributed by atoms with van der Waals surface area (Å²) in [7, 11) is 0.163. The molecule has 1 fully saturated rings. The van der Waals surface area contributed by atoms with Crippen molar-refractivity contribution >= 4 is 15.9 Å². The maximum absolute atomic E-state index is 12.2.